The molecule has 0 unspecified atom stereocenters. The van der Waals surface area contributed by atoms with E-state index < -0.39 is 23.6 Å². The van der Waals surface area contributed by atoms with Crippen LogP contribution in [-0.4, -0.2) is 58.9 Å². The predicted octanol–water partition coefficient (Wildman–Crippen LogP) is 6.15. The summed E-state index contributed by atoms with van der Waals surface area (Å²) in [5.41, 5.74) is 0.395. The second-order valence-electron chi connectivity index (χ2n) is 11.9. The van der Waals surface area contributed by atoms with Crippen molar-refractivity contribution in [3.8, 4) is 0 Å². The van der Waals surface area contributed by atoms with Crippen LogP contribution in [0, 0.1) is 5.92 Å². The minimum absolute atomic E-state index is 0.148. The molecular formula is C30H48N2O5. The lowest BCUT2D eigenvalue weighted by Crippen LogP contribution is -2.50. The van der Waals surface area contributed by atoms with Gasteiger partial charge >= 0.3 is 12.1 Å². The number of ether oxygens (including phenoxy) is 2. The van der Waals surface area contributed by atoms with E-state index in [1.165, 1.54) is 69.1 Å². The Morgan fingerprint density at radius 2 is 1.49 bits per heavy atom. The van der Waals surface area contributed by atoms with Gasteiger partial charge in [0.25, 0.3) is 0 Å². The van der Waals surface area contributed by atoms with Gasteiger partial charge in [0.2, 0.25) is 0 Å². The van der Waals surface area contributed by atoms with E-state index in [1.807, 2.05) is 30.3 Å². The molecule has 1 heterocycles. The molecule has 7 nitrogen and oxygen atoms in total. The molecule has 2 aliphatic carbocycles. The van der Waals surface area contributed by atoms with Crippen LogP contribution in [0.3, 0.4) is 0 Å². The quantitative estimate of drug-likeness (QED) is 0.471. The first-order chi connectivity index (χ1) is 17.7. The van der Waals surface area contributed by atoms with Crippen molar-refractivity contribution in [2.45, 2.75) is 122 Å². The fraction of sp³-hybridized carbons (Fsp3) is 0.733. The number of benzene rings is 1. The van der Waals surface area contributed by atoms with Crippen LogP contribution in [-0.2, 0) is 20.9 Å². The van der Waals surface area contributed by atoms with Gasteiger partial charge in [-0.15, -0.1) is 0 Å². The molecule has 7 heteroatoms. The molecule has 2 atom stereocenters. The molecule has 37 heavy (non-hydrogen) atoms. The molecule has 0 bridgehead atoms. The van der Waals surface area contributed by atoms with Crippen LogP contribution in [0.15, 0.2) is 30.3 Å². The van der Waals surface area contributed by atoms with Gasteiger partial charge in [-0.1, -0.05) is 68.9 Å². The Bertz CT molecular complexity index is 797. The molecular weight excluding hydrogens is 468 g/mol. The Labute approximate surface area is 223 Å². The number of piperidine rings is 1. The number of hydrogen-bond acceptors (Lipinski definition) is 5. The van der Waals surface area contributed by atoms with Gasteiger partial charge in [0.15, 0.2) is 0 Å². The summed E-state index contributed by atoms with van der Waals surface area (Å²) in [5, 5.41) is 13.2. The van der Waals surface area contributed by atoms with Gasteiger partial charge in [-0.25, -0.2) is 4.79 Å². The average molecular weight is 517 g/mol. The summed E-state index contributed by atoms with van der Waals surface area (Å²) in [6.07, 6.45) is 14.1. The largest absolute Gasteiger partial charge is 0.481 e. The Balaban J connectivity index is 0.000000244. The summed E-state index contributed by atoms with van der Waals surface area (Å²) in [5.74, 6) is -1.57. The topological polar surface area (TPSA) is 88.1 Å². The van der Waals surface area contributed by atoms with E-state index in [2.05, 4.69) is 5.32 Å². The number of rotatable bonds is 6. The van der Waals surface area contributed by atoms with E-state index in [0.29, 0.717) is 19.6 Å². The van der Waals surface area contributed by atoms with E-state index in [-0.39, 0.29) is 12.6 Å². The molecule has 1 aromatic rings. The van der Waals surface area contributed by atoms with Crippen molar-refractivity contribution in [3.63, 3.8) is 0 Å². The summed E-state index contributed by atoms with van der Waals surface area (Å²) >= 11 is 0. The number of aliphatic carboxylic acids is 1. The molecule has 4 rings (SSSR count). The summed E-state index contributed by atoms with van der Waals surface area (Å²) in [7, 11) is 0. The van der Waals surface area contributed by atoms with Crippen LogP contribution in [0.1, 0.15) is 97.0 Å². The second-order valence-corrected chi connectivity index (χ2v) is 11.9. The zero-order chi connectivity index (χ0) is 26.7. The highest BCUT2D eigenvalue weighted by atomic mass is 16.6. The smallest absolute Gasteiger partial charge is 0.410 e. The predicted molar refractivity (Wildman–Crippen MR) is 145 cm³/mol. The van der Waals surface area contributed by atoms with Crippen LogP contribution in [0.4, 0.5) is 4.79 Å². The minimum atomic E-state index is -0.920. The van der Waals surface area contributed by atoms with Crippen molar-refractivity contribution in [1.29, 1.82) is 0 Å². The zero-order valence-electron chi connectivity index (χ0n) is 23.1. The first-order valence-corrected chi connectivity index (χ1v) is 14.3. The van der Waals surface area contributed by atoms with Crippen LogP contribution >= 0.6 is 0 Å². The van der Waals surface area contributed by atoms with Gasteiger partial charge in [0.1, 0.15) is 5.60 Å². The third kappa shape index (κ3) is 11.0. The maximum absolute atomic E-state index is 12.3. The number of carboxylic acid groups (broad SMARTS) is 1. The SMILES string of the molecule is C1CCC(NC2CCCCC2)CC1.CC(C)(C)OC(=O)N1C[C@@H](OCc2ccccc2)C[C@@H](C(=O)O)C1. The maximum Gasteiger partial charge on any atom is 0.410 e. The lowest BCUT2D eigenvalue weighted by Gasteiger charge is -2.36. The van der Waals surface area contributed by atoms with Gasteiger partial charge in [-0.2, -0.15) is 0 Å². The number of nitrogens with zero attached hydrogens (tertiary/aromatic N) is 1. The highest BCUT2D eigenvalue weighted by Gasteiger charge is 2.36. The van der Waals surface area contributed by atoms with Crippen molar-refractivity contribution < 1.29 is 24.2 Å². The van der Waals surface area contributed by atoms with Crippen molar-refractivity contribution in [2.75, 3.05) is 13.1 Å². The number of hydrogen-bond donors (Lipinski definition) is 2. The Hall–Kier alpha value is -2.12. The first-order valence-electron chi connectivity index (χ1n) is 14.3. The Morgan fingerprint density at radius 3 is 2.00 bits per heavy atom. The second kappa shape index (κ2) is 14.7. The molecule has 1 saturated heterocycles. The molecule has 208 valence electrons. The summed E-state index contributed by atoms with van der Waals surface area (Å²) < 4.78 is 11.2. The van der Waals surface area contributed by atoms with Gasteiger partial charge in [-0.05, 0) is 58.4 Å². The van der Waals surface area contributed by atoms with Gasteiger partial charge < -0.3 is 24.8 Å². The van der Waals surface area contributed by atoms with E-state index >= 15 is 0 Å². The third-order valence-electron chi connectivity index (χ3n) is 7.42. The monoisotopic (exact) mass is 516 g/mol. The van der Waals surface area contributed by atoms with Crippen molar-refractivity contribution in [2.24, 2.45) is 5.92 Å². The average Bonchev–Trinajstić information content (AvgIpc) is 2.88. The molecule has 0 spiro atoms. The normalized spacial score (nSPS) is 23.6. The van der Waals surface area contributed by atoms with Crippen LogP contribution in [0.25, 0.3) is 0 Å². The van der Waals surface area contributed by atoms with Gasteiger partial charge in [0.05, 0.1) is 25.2 Å². The maximum atomic E-state index is 12.3. The lowest BCUT2D eigenvalue weighted by atomic mass is 9.91. The highest BCUT2D eigenvalue weighted by molar-refractivity contribution is 5.73. The molecule has 1 amide bonds. The van der Waals surface area contributed by atoms with E-state index in [0.717, 1.165) is 17.6 Å². The standard InChI is InChI=1S/C18H25NO5.C12H23N/c1-18(2,3)24-17(22)19-10-14(16(20)21)9-15(11-19)23-12-13-7-5-4-6-8-13;1-3-7-11(8-4-1)13-12-9-5-2-6-10-12/h4-8,14-15H,9-12H2,1-3H3,(H,20,21);11-13H,1-10H2/t14-,15+;/m1./s1. The van der Waals surface area contributed by atoms with Crippen LogP contribution in [0.2, 0.25) is 0 Å². The molecule has 2 N–H and O–H groups in total. The number of carbonyl (C=O) groups is 2. The summed E-state index contributed by atoms with van der Waals surface area (Å²) in [6.45, 7) is 6.23. The number of carboxylic acids is 1. The van der Waals surface area contributed by atoms with E-state index in [9.17, 15) is 14.7 Å². The van der Waals surface area contributed by atoms with Crippen LogP contribution < -0.4 is 5.32 Å². The Morgan fingerprint density at radius 1 is 0.919 bits per heavy atom. The fourth-order valence-corrected chi connectivity index (χ4v) is 5.49. The molecule has 0 radical (unpaired) electrons. The van der Waals surface area contributed by atoms with E-state index in [4.69, 9.17) is 9.47 Å². The fourth-order valence-electron chi connectivity index (χ4n) is 5.49. The zero-order valence-corrected chi connectivity index (χ0v) is 23.1. The number of amides is 1. The first kappa shape index (κ1) is 29.4. The lowest BCUT2D eigenvalue weighted by molar-refractivity contribution is -0.146. The summed E-state index contributed by atoms with van der Waals surface area (Å²) in [6, 6.07) is 11.4. The molecule has 2 saturated carbocycles. The molecule has 1 aliphatic heterocycles. The van der Waals surface area contributed by atoms with Crippen molar-refractivity contribution >= 4 is 12.1 Å². The van der Waals surface area contributed by atoms with Crippen molar-refractivity contribution in [3.05, 3.63) is 35.9 Å². The van der Waals surface area contributed by atoms with Crippen LogP contribution in [0.5, 0.6) is 0 Å². The Kier molecular flexibility index (Phi) is 11.7. The number of likely N-dealkylation sites (tertiary alicyclic amines) is 1. The molecule has 0 aromatic heterocycles. The van der Waals surface area contributed by atoms with Crippen molar-refractivity contribution in [1.82, 2.24) is 10.2 Å². The van der Waals surface area contributed by atoms with E-state index in [1.54, 1.807) is 20.8 Å². The molecule has 3 fully saturated rings. The number of carbonyl (C=O) groups excluding carboxylic acids is 1. The molecule has 1 aromatic carbocycles. The van der Waals surface area contributed by atoms with Gasteiger partial charge in [0, 0.05) is 18.6 Å². The molecule has 3 aliphatic rings. The minimum Gasteiger partial charge on any atom is -0.481 e. The third-order valence-corrected chi connectivity index (χ3v) is 7.42. The number of nitrogens with one attached hydrogen (secondary N) is 1. The summed E-state index contributed by atoms with van der Waals surface area (Å²) in [4.78, 5) is 25.1. The van der Waals surface area contributed by atoms with Gasteiger partial charge in [-0.3, -0.25) is 4.79 Å². The highest BCUT2D eigenvalue weighted by Crippen LogP contribution is 2.24.